The molecule has 4 nitrogen and oxygen atoms in total. The third-order valence-corrected chi connectivity index (χ3v) is 3.22. The molecule has 0 bridgehead atoms. The summed E-state index contributed by atoms with van der Waals surface area (Å²) in [5, 5.41) is 0. The lowest BCUT2D eigenvalue weighted by atomic mass is 9.93. The maximum atomic E-state index is 12.0. The molecule has 1 aromatic heterocycles. The molecule has 0 fully saturated rings. The predicted molar refractivity (Wildman–Crippen MR) is 66.2 cm³/mol. The van der Waals surface area contributed by atoms with Crippen molar-refractivity contribution in [2.75, 3.05) is 0 Å². The number of hydrogen-bond acceptors (Lipinski definition) is 4. The molecular weight excluding hydrogens is 230 g/mol. The molecule has 0 spiro atoms. The molecule has 18 heavy (non-hydrogen) atoms. The second-order valence-electron chi connectivity index (χ2n) is 4.42. The summed E-state index contributed by atoms with van der Waals surface area (Å²) >= 11 is 0. The van der Waals surface area contributed by atoms with E-state index in [-0.39, 0.29) is 11.7 Å². The van der Waals surface area contributed by atoms with Crippen molar-refractivity contribution >= 4 is 5.78 Å². The van der Waals surface area contributed by atoms with Crippen molar-refractivity contribution in [3.05, 3.63) is 42.2 Å². The van der Waals surface area contributed by atoms with Gasteiger partial charge in [-0.05, 0) is 24.3 Å². The first-order valence-corrected chi connectivity index (χ1v) is 5.81. The number of fused-ring (bicyclic) bond motifs is 1. The summed E-state index contributed by atoms with van der Waals surface area (Å²) in [6, 6.07) is 9.07. The summed E-state index contributed by atoms with van der Waals surface area (Å²) in [7, 11) is 0. The molecule has 0 amide bonds. The van der Waals surface area contributed by atoms with Gasteiger partial charge in [-0.1, -0.05) is 13.0 Å². The highest BCUT2D eigenvalue weighted by Crippen LogP contribution is 2.33. The summed E-state index contributed by atoms with van der Waals surface area (Å²) in [5.41, 5.74) is 7.24. The van der Waals surface area contributed by atoms with Crippen LogP contribution in [0.4, 0.5) is 0 Å². The topological polar surface area (TPSA) is 65.5 Å². The van der Waals surface area contributed by atoms with Crippen molar-refractivity contribution in [1.29, 1.82) is 0 Å². The zero-order chi connectivity index (χ0) is 12.7. The molecule has 0 saturated carbocycles. The number of nitrogens with two attached hydrogens (primary N) is 1. The van der Waals surface area contributed by atoms with Gasteiger partial charge < -0.3 is 9.15 Å². The minimum Gasteiger partial charge on any atom is -0.474 e. The van der Waals surface area contributed by atoms with E-state index in [1.807, 2.05) is 18.2 Å². The highest BCUT2D eigenvalue weighted by molar-refractivity contribution is 6.01. The number of rotatable bonds is 1. The second kappa shape index (κ2) is 3.99. The molecule has 92 valence electrons. The van der Waals surface area contributed by atoms with Crippen molar-refractivity contribution in [3.8, 4) is 17.1 Å². The maximum absolute atomic E-state index is 12.0. The molecule has 1 aliphatic rings. The molecule has 2 heterocycles. The fourth-order valence-electron chi connectivity index (χ4n) is 2.06. The normalized spacial score (nSPS) is 22.4. The van der Waals surface area contributed by atoms with Gasteiger partial charge in [-0.2, -0.15) is 0 Å². The van der Waals surface area contributed by atoms with Gasteiger partial charge >= 0.3 is 0 Å². The Morgan fingerprint density at radius 2 is 2.11 bits per heavy atom. The fraction of sp³-hybridized carbons (Fsp3) is 0.214. The molecule has 0 radical (unpaired) electrons. The summed E-state index contributed by atoms with van der Waals surface area (Å²) in [6.45, 7) is 1.77. The SMILES string of the molecule is CC1C(=O)c2ccc(-c3ccco3)cc2OC1N. The summed E-state index contributed by atoms with van der Waals surface area (Å²) in [6.07, 6.45) is 1.02. The lowest BCUT2D eigenvalue weighted by Gasteiger charge is -2.27. The zero-order valence-electron chi connectivity index (χ0n) is 9.92. The van der Waals surface area contributed by atoms with E-state index in [0.29, 0.717) is 11.3 Å². The largest absolute Gasteiger partial charge is 0.474 e. The number of Topliss-reactive ketones (excluding diaryl/α,β-unsaturated/α-hetero) is 1. The molecule has 4 heteroatoms. The van der Waals surface area contributed by atoms with E-state index in [4.69, 9.17) is 14.9 Å². The first kappa shape index (κ1) is 11.0. The van der Waals surface area contributed by atoms with E-state index in [1.54, 1.807) is 25.3 Å². The molecule has 2 unspecified atom stereocenters. The highest BCUT2D eigenvalue weighted by atomic mass is 16.5. The van der Waals surface area contributed by atoms with Gasteiger partial charge in [0.15, 0.2) is 12.0 Å². The van der Waals surface area contributed by atoms with E-state index in [9.17, 15) is 4.79 Å². The number of benzene rings is 1. The van der Waals surface area contributed by atoms with E-state index in [1.165, 1.54) is 0 Å². The predicted octanol–water partition coefficient (Wildman–Crippen LogP) is 2.44. The maximum Gasteiger partial charge on any atom is 0.174 e. The molecular formula is C14H13NO3. The quantitative estimate of drug-likeness (QED) is 0.835. The van der Waals surface area contributed by atoms with Gasteiger partial charge in [0, 0.05) is 5.56 Å². The Kier molecular flexibility index (Phi) is 2.45. The minimum absolute atomic E-state index is 0.0229. The van der Waals surface area contributed by atoms with Gasteiger partial charge in [0.1, 0.15) is 11.5 Å². The van der Waals surface area contributed by atoms with Crippen molar-refractivity contribution in [2.24, 2.45) is 11.7 Å². The minimum atomic E-state index is -0.586. The van der Waals surface area contributed by atoms with E-state index in [0.717, 1.165) is 11.3 Å². The standard InChI is InChI=1S/C14H13NO3/c1-8-13(16)10-5-4-9(11-3-2-6-17-11)7-12(10)18-14(8)15/h2-8,14H,15H2,1H3. The first-order chi connectivity index (χ1) is 8.66. The lowest BCUT2D eigenvalue weighted by Crippen LogP contribution is -2.42. The Bertz CT molecular complexity index is 589. The van der Waals surface area contributed by atoms with Gasteiger partial charge in [0.05, 0.1) is 17.7 Å². The van der Waals surface area contributed by atoms with Crippen LogP contribution in [0.2, 0.25) is 0 Å². The van der Waals surface area contributed by atoms with E-state index in [2.05, 4.69) is 0 Å². The Morgan fingerprint density at radius 3 is 2.83 bits per heavy atom. The van der Waals surface area contributed by atoms with Crippen LogP contribution >= 0.6 is 0 Å². The van der Waals surface area contributed by atoms with Crippen LogP contribution in [0.3, 0.4) is 0 Å². The van der Waals surface area contributed by atoms with Gasteiger partial charge in [0.25, 0.3) is 0 Å². The lowest BCUT2D eigenvalue weighted by molar-refractivity contribution is 0.0707. The second-order valence-corrected chi connectivity index (χ2v) is 4.42. The average molecular weight is 243 g/mol. The Labute approximate surface area is 104 Å². The zero-order valence-corrected chi connectivity index (χ0v) is 9.92. The van der Waals surface area contributed by atoms with E-state index >= 15 is 0 Å². The number of carbonyl (C=O) groups is 1. The molecule has 3 rings (SSSR count). The van der Waals surface area contributed by atoms with Gasteiger partial charge in [0.2, 0.25) is 0 Å². The molecule has 2 N–H and O–H groups in total. The van der Waals surface area contributed by atoms with Crippen LogP contribution in [0.5, 0.6) is 5.75 Å². The van der Waals surface area contributed by atoms with Crippen LogP contribution in [-0.4, -0.2) is 12.0 Å². The highest BCUT2D eigenvalue weighted by Gasteiger charge is 2.31. The smallest absolute Gasteiger partial charge is 0.174 e. The number of carbonyl (C=O) groups excluding carboxylic acids is 1. The van der Waals surface area contributed by atoms with Crippen LogP contribution in [0.15, 0.2) is 41.0 Å². The number of ether oxygens (including phenoxy) is 1. The molecule has 1 aliphatic heterocycles. The van der Waals surface area contributed by atoms with Gasteiger partial charge in [-0.3, -0.25) is 10.5 Å². The molecule has 0 saturated heterocycles. The van der Waals surface area contributed by atoms with Crippen molar-refractivity contribution in [3.63, 3.8) is 0 Å². The van der Waals surface area contributed by atoms with Crippen molar-refractivity contribution in [1.82, 2.24) is 0 Å². The Balaban J connectivity index is 2.07. The van der Waals surface area contributed by atoms with Gasteiger partial charge in [-0.25, -0.2) is 0 Å². The fourth-order valence-corrected chi connectivity index (χ4v) is 2.06. The molecule has 2 atom stereocenters. The number of furan rings is 1. The van der Waals surface area contributed by atoms with Crippen LogP contribution < -0.4 is 10.5 Å². The number of hydrogen-bond donors (Lipinski definition) is 1. The summed E-state index contributed by atoms with van der Waals surface area (Å²) < 4.78 is 10.9. The summed E-state index contributed by atoms with van der Waals surface area (Å²) in [4.78, 5) is 12.0. The molecule has 2 aromatic rings. The number of ketones is 1. The van der Waals surface area contributed by atoms with Crippen LogP contribution in [0, 0.1) is 5.92 Å². The Morgan fingerprint density at radius 1 is 1.28 bits per heavy atom. The van der Waals surface area contributed by atoms with Gasteiger partial charge in [-0.15, -0.1) is 0 Å². The van der Waals surface area contributed by atoms with Crippen molar-refractivity contribution in [2.45, 2.75) is 13.2 Å². The van der Waals surface area contributed by atoms with Crippen LogP contribution in [-0.2, 0) is 0 Å². The third-order valence-electron chi connectivity index (χ3n) is 3.22. The van der Waals surface area contributed by atoms with Crippen LogP contribution in [0.1, 0.15) is 17.3 Å². The van der Waals surface area contributed by atoms with Crippen LogP contribution in [0.25, 0.3) is 11.3 Å². The summed E-state index contributed by atoms with van der Waals surface area (Å²) in [5.74, 6) is 0.974. The van der Waals surface area contributed by atoms with E-state index < -0.39 is 6.23 Å². The average Bonchev–Trinajstić information content (AvgIpc) is 2.89. The Hall–Kier alpha value is -2.07. The third kappa shape index (κ3) is 1.62. The first-order valence-electron chi connectivity index (χ1n) is 5.81. The monoisotopic (exact) mass is 243 g/mol. The molecule has 1 aromatic carbocycles. The molecule has 0 aliphatic carbocycles. The van der Waals surface area contributed by atoms with Crippen molar-refractivity contribution < 1.29 is 13.9 Å².